The van der Waals surface area contributed by atoms with E-state index in [2.05, 4.69) is 34.0 Å². The second kappa shape index (κ2) is 6.26. The molecule has 0 bridgehead atoms. The van der Waals surface area contributed by atoms with Crippen molar-refractivity contribution in [2.45, 2.75) is 20.4 Å². The summed E-state index contributed by atoms with van der Waals surface area (Å²) in [7, 11) is 0. The Labute approximate surface area is 150 Å². The van der Waals surface area contributed by atoms with Gasteiger partial charge >= 0.3 is 0 Å². The number of nitrogens with one attached hydrogen (secondary N) is 1. The molecule has 0 aliphatic heterocycles. The lowest BCUT2D eigenvalue weighted by atomic mass is 10.2. The molecule has 126 valence electrons. The third kappa shape index (κ3) is 2.87. The predicted octanol–water partition coefficient (Wildman–Crippen LogP) is 4.40. The fourth-order valence-corrected chi connectivity index (χ4v) is 3.07. The Morgan fingerprint density at radius 3 is 2.76 bits per heavy atom. The van der Waals surface area contributed by atoms with Gasteiger partial charge < -0.3 is 9.72 Å². The number of anilines is 1. The summed E-state index contributed by atoms with van der Waals surface area (Å²) in [6.45, 7) is 4.72. The number of imidazole rings is 1. The number of halogens is 1. The molecule has 3 aromatic heterocycles. The second-order valence-electron chi connectivity index (χ2n) is 5.98. The van der Waals surface area contributed by atoms with Crippen LogP contribution in [0.25, 0.3) is 11.3 Å². The summed E-state index contributed by atoms with van der Waals surface area (Å²) in [6.07, 6.45) is 5.75. The first-order chi connectivity index (χ1) is 12.1. The van der Waals surface area contributed by atoms with Crippen LogP contribution in [0, 0.1) is 13.8 Å². The van der Waals surface area contributed by atoms with Gasteiger partial charge in [-0.05, 0) is 37.6 Å². The zero-order valence-corrected chi connectivity index (χ0v) is 14.8. The van der Waals surface area contributed by atoms with E-state index in [1.165, 1.54) is 0 Å². The number of aryl methyl sites for hydroxylation is 2. The average Bonchev–Trinajstić information content (AvgIpc) is 3.24. The molecule has 0 saturated carbocycles. The van der Waals surface area contributed by atoms with E-state index in [9.17, 15) is 0 Å². The van der Waals surface area contributed by atoms with Gasteiger partial charge in [0.25, 0.3) is 0 Å². The van der Waals surface area contributed by atoms with Gasteiger partial charge in [0.2, 0.25) is 0 Å². The van der Waals surface area contributed by atoms with Gasteiger partial charge in [-0.1, -0.05) is 29.8 Å². The van der Waals surface area contributed by atoms with E-state index in [-0.39, 0.29) is 0 Å². The lowest BCUT2D eigenvalue weighted by molar-refractivity contribution is 0.867. The van der Waals surface area contributed by atoms with E-state index in [0.29, 0.717) is 6.54 Å². The number of fused-ring (bicyclic) bond motifs is 1. The summed E-state index contributed by atoms with van der Waals surface area (Å²) < 4.78 is 3.94. The molecule has 5 nitrogen and oxygen atoms in total. The smallest absolute Gasteiger partial charge is 0.160 e. The Kier molecular flexibility index (Phi) is 3.93. The monoisotopic (exact) mass is 351 g/mol. The molecule has 4 rings (SSSR count). The zero-order valence-electron chi connectivity index (χ0n) is 14.1. The van der Waals surface area contributed by atoms with Crippen LogP contribution < -0.4 is 5.32 Å². The van der Waals surface area contributed by atoms with Crippen molar-refractivity contribution in [2.24, 2.45) is 0 Å². The third-order valence-electron chi connectivity index (χ3n) is 4.38. The van der Waals surface area contributed by atoms with Crippen LogP contribution in [0.3, 0.4) is 0 Å². The molecule has 4 aromatic rings. The van der Waals surface area contributed by atoms with Crippen molar-refractivity contribution in [1.82, 2.24) is 19.2 Å². The fraction of sp³-hybridized carbons (Fsp3) is 0.158. The Morgan fingerprint density at radius 1 is 1.16 bits per heavy atom. The van der Waals surface area contributed by atoms with Gasteiger partial charge in [0.1, 0.15) is 0 Å². The van der Waals surface area contributed by atoms with E-state index in [1.807, 2.05) is 48.1 Å². The molecule has 0 atom stereocenters. The van der Waals surface area contributed by atoms with Crippen LogP contribution >= 0.6 is 11.6 Å². The Bertz CT molecular complexity index is 1030. The molecule has 0 fully saturated rings. The second-order valence-corrected chi connectivity index (χ2v) is 6.39. The molecule has 0 aliphatic carbocycles. The van der Waals surface area contributed by atoms with Gasteiger partial charge in [0.05, 0.1) is 17.1 Å². The summed E-state index contributed by atoms with van der Waals surface area (Å²) in [5, 5.41) is 8.57. The number of aromatic nitrogens is 4. The molecule has 0 radical (unpaired) electrons. The van der Waals surface area contributed by atoms with Gasteiger partial charge in [-0.25, -0.2) is 9.67 Å². The molecule has 3 heterocycles. The summed E-state index contributed by atoms with van der Waals surface area (Å²) >= 11 is 6.28. The standard InChI is InChI=1S/C19H18ClN5/c1-13-14(2)24-12-16(25-9-5-8-22-25)10-18(19(24)23-13)21-11-15-6-3-4-7-17(15)20/h3-10,12,21H,11H2,1-2H3. The molecule has 0 spiro atoms. The van der Waals surface area contributed by atoms with Crippen LogP contribution in [0.5, 0.6) is 0 Å². The highest BCUT2D eigenvalue weighted by atomic mass is 35.5. The minimum atomic E-state index is 0.628. The number of hydrogen-bond acceptors (Lipinski definition) is 3. The van der Waals surface area contributed by atoms with Crippen LogP contribution in [0.4, 0.5) is 5.69 Å². The lowest BCUT2D eigenvalue weighted by Gasteiger charge is -2.12. The highest BCUT2D eigenvalue weighted by Gasteiger charge is 2.12. The Hall–Kier alpha value is -2.79. The van der Waals surface area contributed by atoms with Crippen LogP contribution in [0.1, 0.15) is 17.0 Å². The van der Waals surface area contributed by atoms with Crippen molar-refractivity contribution in [3.63, 3.8) is 0 Å². The first kappa shape index (κ1) is 15.7. The molecule has 0 saturated heterocycles. The Morgan fingerprint density at radius 2 is 2.00 bits per heavy atom. The maximum atomic E-state index is 6.28. The van der Waals surface area contributed by atoms with Gasteiger partial charge in [0.15, 0.2) is 5.65 Å². The fourth-order valence-electron chi connectivity index (χ4n) is 2.87. The normalized spacial score (nSPS) is 11.2. The third-order valence-corrected chi connectivity index (χ3v) is 4.75. The highest BCUT2D eigenvalue weighted by Crippen LogP contribution is 2.25. The summed E-state index contributed by atoms with van der Waals surface area (Å²) in [4.78, 5) is 4.71. The van der Waals surface area contributed by atoms with Crippen molar-refractivity contribution in [2.75, 3.05) is 5.32 Å². The number of pyridine rings is 1. The first-order valence-corrected chi connectivity index (χ1v) is 8.48. The van der Waals surface area contributed by atoms with E-state index in [1.54, 1.807) is 6.20 Å². The van der Waals surface area contributed by atoms with E-state index in [0.717, 1.165) is 39.0 Å². The largest absolute Gasteiger partial charge is 0.378 e. The van der Waals surface area contributed by atoms with Crippen molar-refractivity contribution in [3.05, 3.63) is 77.0 Å². The van der Waals surface area contributed by atoms with Crippen LogP contribution in [-0.4, -0.2) is 19.2 Å². The topological polar surface area (TPSA) is 47.2 Å². The number of nitrogens with zero attached hydrogens (tertiary/aromatic N) is 4. The predicted molar refractivity (Wildman–Crippen MR) is 101 cm³/mol. The van der Waals surface area contributed by atoms with Crippen LogP contribution in [0.15, 0.2) is 55.0 Å². The summed E-state index contributed by atoms with van der Waals surface area (Å²) in [5.41, 5.74) is 6.00. The molecule has 0 amide bonds. The van der Waals surface area contributed by atoms with Gasteiger partial charge in [0, 0.05) is 35.9 Å². The molecular formula is C19H18ClN5. The molecule has 25 heavy (non-hydrogen) atoms. The average molecular weight is 352 g/mol. The van der Waals surface area contributed by atoms with E-state index in [4.69, 9.17) is 16.6 Å². The molecular weight excluding hydrogens is 334 g/mol. The summed E-state index contributed by atoms with van der Waals surface area (Å²) in [6, 6.07) is 11.8. The van der Waals surface area contributed by atoms with Gasteiger partial charge in [-0.15, -0.1) is 0 Å². The molecule has 1 N–H and O–H groups in total. The minimum absolute atomic E-state index is 0.628. The van der Waals surface area contributed by atoms with Crippen LogP contribution in [-0.2, 0) is 6.54 Å². The van der Waals surface area contributed by atoms with Gasteiger partial charge in [-0.3, -0.25) is 0 Å². The number of rotatable bonds is 4. The van der Waals surface area contributed by atoms with E-state index < -0.39 is 0 Å². The first-order valence-electron chi connectivity index (χ1n) is 8.10. The maximum Gasteiger partial charge on any atom is 0.160 e. The number of benzene rings is 1. The zero-order chi connectivity index (χ0) is 17.4. The molecule has 0 aliphatic rings. The lowest BCUT2D eigenvalue weighted by Crippen LogP contribution is -2.05. The van der Waals surface area contributed by atoms with Crippen molar-refractivity contribution in [3.8, 4) is 5.69 Å². The minimum Gasteiger partial charge on any atom is -0.378 e. The SMILES string of the molecule is Cc1nc2c(NCc3ccccc3Cl)cc(-n3cccn3)cn2c1C. The number of hydrogen-bond donors (Lipinski definition) is 1. The van der Waals surface area contributed by atoms with Crippen LogP contribution in [0.2, 0.25) is 5.02 Å². The summed E-state index contributed by atoms with van der Waals surface area (Å²) in [5.74, 6) is 0. The van der Waals surface area contributed by atoms with Gasteiger partial charge in [-0.2, -0.15) is 5.10 Å². The quantitative estimate of drug-likeness (QED) is 0.592. The molecule has 0 unspecified atom stereocenters. The van der Waals surface area contributed by atoms with Crippen molar-refractivity contribution < 1.29 is 0 Å². The molecule has 1 aromatic carbocycles. The van der Waals surface area contributed by atoms with E-state index >= 15 is 0 Å². The van der Waals surface area contributed by atoms with Crippen molar-refractivity contribution >= 4 is 22.9 Å². The molecule has 6 heteroatoms. The van der Waals surface area contributed by atoms with Crippen molar-refractivity contribution in [1.29, 1.82) is 0 Å². The maximum absolute atomic E-state index is 6.28. The Balaban J connectivity index is 1.78. The highest BCUT2D eigenvalue weighted by molar-refractivity contribution is 6.31.